The summed E-state index contributed by atoms with van der Waals surface area (Å²) in [5.74, 6) is 0.602. The van der Waals surface area contributed by atoms with Crippen molar-refractivity contribution < 1.29 is 4.74 Å². The third-order valence-corrected chi connectivity index (χ3v) is 5.10. The van der Waals surface area contributed by atoms with Crippen molar-refractivity contribution >= 4 is 0 Å². The molecule has 2 aromatic rings. The van der Waals surface area contributed by atoms with Gasteiger partial charge in [-0.1, -0.05) is 60.7 Å². The maximum atomic E-state index is 6.00. The normalized spacial score (nSPS) is 20.0. The smallest absolute Gasteiger partial charge is 0.0607 e. The quantitative estimate of drug-likeness (QED) is 0.756. The Kier molecular flexibility index (Phi) is 6.45. The lowest BCUT2D eigenvalue weighted by molar-refractivity contribution is 0.0592. The van der Waals surface area contributed by atoms with Crippen molar-refractivity contribution in [1.82, 2.24) is 5.32 Å². The van der Waals surface area contributed by atoms with Gasteiger partial charge in [-0.3, -0.25) is 0 Å². The molecular formula is C22H29NO. The minimum absolute atomic E-state index is 0.396. The van der Waals surface area contributed by atoms with Gasteiger partial charge in [0.25, 0.3) is 0 Å². The Morgan fingerprint density at radius 3 is 2.42 bits per heavy atom. The maximum Gasteiger partial charge on any atom is 0.0607 e. The van der Waals surface area contributed by atoms with E-state index in [0.29, 0.717) is 18.1 Å². The van der Waals surface area contributed by atoms with Crippen molar-refractivity contribution in [3.63, 3.8) is 0 Å². The van der Waals surface area contributed by atoms with Gasteiger partial charge in [0.1, 0.15) is 0 Å². The van der Waals surface area contributed by atoms with Crippen molar-refractivity contribution in [3.8, 4) is 0 Å². The van der Waals surface area contributed by atoms with E-state index in [-0.39, 0.29) is 0 Å². The van der Waals surface area contributed by atoms with Crippen molar-refractivity contribution in [2.45, 2.75) is 44.8 Å². The van der Waals surface area contributed by atoms with Gasteiger partial charge in [0.15, 0.2) is 0 Å². The van der Waals surface area contributed by atoms with Crippen molar-refractivity contribution in [2.75, 3.05) is 13.2 Å². The van der Waals surface area contributed by atoms with Crippen molar-refractivity contribution in [3.05, 3.63) is 71.8 Å². The second kappa shape index (κ2) is 9.00. The summed E-state index contributed by atoms with van der Waals surface area (Å²) >= 11 is 0. The Morgan fingerprint density at radius 2 is 1.75 bits per heavy atom. The van der Waals surface area contributed by atoms with E-state index in [1.807, 2.05) is 0 Å². The van der Waals surface area contributed by atoms with Gasteiger partial charge in [0.2, 0.25) is 0 Å². The van der Waals surface area contributed by atoms with E-state index in [1.54, 1.807) is 0 Å². The highest BCUT2D eigenvalue weighted by atomic mass is 16.5. The molecule has 1 aliphatic heterocycles. The zero-order chi connectivity index (χ0) is 16.6. The van der Waals surface area contributed by atoms with E-state index < -0.39 is 0 Å². The highest BCUT2D eigenvalue weighted by Gasteiger charge is 2.25. The van der Waals surface area contributed by atoms with Gasteiger partial charge in [-0.25, -0.2) is 0 Å². The van der Waals surface area contributed by atoms with Gasteiger partial charge >= 0.3 is 0 Å². The van der Waals surface area contributed by atoms with E-state index in [4.69, 9.17) is 4.74 Å². The van der Waals surface area contributed by atoms with Gasteiger partial charge in [0.05, 0.1) is 6.10 Å². The van der Waals surface area contributed by atoms with Gasteiger partial charge in [0, 0.05) is 12.6 Å². The number of ether oxygens (including phenoxy) is 1. The summed E-state index contributed by atoms with van der Waals surface area (Å²) in [6.45, 7) is 4.21. The second-order valence-corrected chi connectivity index (χ2v) is 6.88. The van der Waals surface area contributed by atoms with E-state index in [2.05, 4.69) is 72.9 Å². The highest BCUT2D eigenvalue weighted by molar-refractivity contribution is 5.18. The number of nitrogens with one attached hydrogen (secondary N) is 1. The van der Waals surface area contributed by atoms with Crippen LogP contribution in [0.1, 0.15) is 43.4 Å². The molecule has 0 amide bonds. The van der Waals surface area contributed by atoms with Crippen LogP contribution in [0.25, 0.3) is 0 Å². The lowest BCUT2D eigenvalue weighted by Gasteiger charge is -2.24. The third kappa shape index (κ3) is 4.93. The zero-order valence-corrected chi connectivity index (χ0v) is 14.7. The van der Waals surface area contributed by atoms with E-state index in [0.717, 1.165) is 26.0 Å². The summed E-state index contributed by atoms with van der Waals surface area (Å²) in [7, 11) is 0. The minimum Gasteiger partial charge on any atom is -0.378 e. The fourth-order valence-electron chi connectivity index (χ4n) is 3.66. The molecule has 1 N–H and O–H groups in total. The Labute approximate surface area is 146 Å². The molecule has 0 bridgehead atoms. The van der Waals surface area contributed by atoms with Crippen LogP contribution in [0.2, 0.25) is 0 Å². The first-order valence-electron chi connectivity index (χ1n) is 9.27. The first kappa shape index (κ1) is 17.2. The highest BCUT2D eigenvalue weighted by Crippen LogP contribution is 2.26. The monoisotopic (exact) mass is 323 g/mol. The molecule has 2 nitrogen and oxygen atoms in total. The molecule has 0 spiro atoms. The van der Waals surface area contributed by atoms with Crippen LogP contribution < -0.4 is 5.32 Å². The average Bonchev–Trinajstić information content (AvgIpc) is 3.17. The predicted octanol–water partition coefficient (Wildman–Crippen LogP) is 4.77. The summed E-state index contributed by atoms with van der Waals surface area (Å²) < 4.78 is 6.00. The molecule has 3 atom stereocenters. The van der Waals surface area contributed by atoms with Crippen LogP contribution in [0.15, 0.2) is 60.7 Å². The lowest BCUT2D eigenvalue weighted by atomic mass is 9.89. The molecule has 2 aromatic carbocycles. The molecule has 128 valence electrons. The largest absolute Gasteiger partial charge is 0.378 e. The lowest BCUT2D eigenvalue weighted by Crippen LogP contribution is -2.28. The van der Waals surface area contributed by atoms with Gasteiger partial charge in [-0.05, 0) is 56.2 Å². The topological polar surface area (TPSA) is 21.3 Å². The Balaban J connectivity index is 1.54. The number of benzene rings is 2. The Hall–Kier alpha value is -1.64. The number of rotatable bonds is 8. The van der Waals surface area contributed by atoms with Crippen molar-refractivity contribution in [1.29, 1.82) is 0 Å². The molecule has 0 aromatic heterocycles. The van der Waals surface area contributed by atoms with Crippen LogP contribution >= 0.6 is 0 Å². The first-order chi connectivity index (χ1) is 11.8. The Morgan fingerprint density at radius 1 is 1.04 bits per heavy atom. The predicted molar refractivity (Wildman–Crippen MR) is 100 cm³/mol. The maximum absolute atomic E-state index is 6.00. The van der Waals surface area contributed by atoms with Crippen LogP contribution in [0.4, 0.5) is 0 Å². The fraction of sp³-hybridized carbons (Fsp3) is 0.455. The van der Waals surface area contributed by atoms with E-state index in [1.165, 1.54) is 24.0 Å². The Bertz CT molecular complexity index is 577. The molecule has 3 rings (SSSR count). The number of hydrogen-bond acceptors (Lipinski definition) is 2. The van der Waals surface area contributed by atoms with E-state index in [9.17, 15) is 0 Å². The summed E-state index contributed by atoms with van der Waals surface area (Å²) in [6, 6.07) is 21.9. The van der Waals surface area contributed by atoms with Gasteiger partial charge in [-0.2, -0.15) is 0 Å². The van der Waals surface area contributed by atoms with Gasteiger partial charge < -0.3 is 10.1 Å². The first-order valence-corrected chi connectivity index (χ1v) is 9.27. The molecule has 1 aliphatic rings. The summed E-state index contributed by atoms with van der Waals surface area (Å²) in [4.78, 5) is 0. The molecule has 24 heavy (non-hydrogen) atoms. The fourth-order valence-corrected chi connectivity index (χ4v) is 3.66. The molecule has 0 saturated carbocycles. The van der Waals surface area contributed by atoms with Crippen LogP contribution in [0.5, 0.6) is 0 Å². The molecule has 1 fully saturated rings. The summed E-state index contributed by atoms with van der Waals surface area (Å²) in [6.07, 6.45) is 5.14. The van der Waals surface area contributed by atoms with Gasteiger partial charge in [-0.15, -0.1) is 0 Å². The molecule has 0 aliphatic carbocycles. The molecular weight excluding hydrogens is 294 g/mol. The van der Waals surface area contributed by atoms with Crippen LogP contribution in [-0.2, 0) is 11.2 Å². The second-order valence-electron chi connectivity index (χ2n) is 6.88. The summed E-state index contributed by atoms with van der Waals surface area (Å²) in [5, 5.41) is 3.68. The molecule has 0 radical (unpaired) electrons. The SMILES string of the molecule is CC(NCCC(Cc1ccccc1)C1CCCO1)c1ccccc1. The number of hydrogen-bond donors (Lipinski definition) is 1. The van der Waals surface area contributed by atoms with Crippen LogP contribution in [0, 0.1) is 5.92 Å². The summed E-state index contributed by atoms with van der Waals surface area (Å²) in [5.41, 5.74) is 2.78. The molecule has 3 unspecified atom stereocenters. The standard InChI is InChI=1S/C22H29NO/c1-18(20-11-6-3-7-12-20)23-15-14-21(22-13-8-16-24-22)17-19-9-4-2-5-10-19/h2-7,9-12,18,21-23H,8,13-17H2,1H3. The van der Waals surface area contributed by atoms with E-state index >= 15 is 0 Å². The molecule has 1 heterocycles. The zero-order valence-electron chi connectivity index (χ0n) is 14.7. The van der Waals surface area contributed by atoms with Crippen molar-refractivity contribution in [2.24, 2.45) is 5.92 Å². The van der Waals surface area contributed by atoms with Crippen LogP contribution in [0.3, 0.4) is 0 Å². The average molecular weight is 323 g/mol. The molecule has 1 saturated heterocycles. The third-order valence-electron chi connectivity index (χ3n) is 5.10. The minimum atomic E-state index is 0.396. The van der Waals surface area contributed by atoms with Crippen LogP contribution in [-0.4, -0.2) is 19.3 Å². The molecule has 2 heteroatoms.